The van der Waals surface area contributed by atoms with Crippen LogP contribution in [0.4, 0.5) is 5.95 Å². The predicted molar refractivity (Wildman–Crippen MR) is 101 cm³/mol. The first-order valence-corrected chi connectivity index (χ1v) is 8.70. The molecule has 0 bridgehead atoms. The molecule has 0 amide bonds. The monoisotopic (exact) mass is 334 g/mol. The molecular formula is C20H22N4O. The van der Waals surface area contributed by atoms with Gasteiger partial charge < -0.3 is 14.6 Å². The first-order valence-electron chi connectivity index (χ1n) is 8.70. The Morgan fingerprint density at radius 1 is 1.20 bits per heavy atom. The van der Waals surface area contributed by atoms with E-state index in [1.807, 2.05) is 18.5 Å². The van der Waals surface area contributed by atoms with Crippen molar-refractivity contribution in [2.24, 2.45) is 0 Å². The smallest absolute Gasteiger partial charge is 0.225 e. The largest absolute Gasteiger partial charge is 0.378 e. The van der Waals surface area contributed by atoms with Crippen LogP contribution in [0.2, 0.25) is 0 Å². The van der Waals surface area contributed by atoms with Gasteiger partial charge in [-0.1, -0.05) is 24.8 Å². The quantitative estimate of drug-likeness (QED) is 0.778. The molecule has 128 valence electrons. The highest BCUT2D eigenvalue weighted by Gasteiger charge is 2.15. The molecule has 0 aliphatic carbocycles. The zero-order valence-electron chi connectivity index (χ0n) is 14.2. The first kappa shape index (κ1) is 15.8. The average Bonchev–Trinajstić information content (AvgIpc) is 3.14. The fraction of sp³-hybridized carbons (Fsp3) is 0.300. The van der Waals surface area contributed by atoms with Crippen LogP contribution in [0.25, 0.3) is 17.0 Å². The molecule has 1 aliphatic rings. The molecule has 0 unspecified atom stereocenters. The molecule has 0 spiro atoms. The van der Waals surface area contributed by atoms with Crippen molar-refractivity contribution in [3.8, 4) is 0 Å². The van der Waals surface area contributed by atoms with E-state index in [9.17, 15) is 0 Å². The van der Waals surface area contributed by atoms with Crippen LogP contribution in [-0.4, -0.2) is 41.3 Å². The normalized spacial score (nSPS) is 14.8. The van der Waals surface area contributed by atoms with E-state index >= 15 is 0 Å². The van der Waals surface area contributed by atoms with Crippen molar-refractivity contribution in [2.75, 3.05) is 31.2 Å². The van der Waals surface area contributed by atoms with Crippen molar-refractivity contribution < 1.29 is 4.74 Å². The van der Waals surface area contributed by atoms with Crippen LogP contribution in [0.1, 0.15) is 16.8 Å². The lowest BCUT2D eigenvalue weighted by Gasteiger charge is -2.27. The molecule has 1 aromatic carbocycles. The minimum atomic E-state index is 0.734. The number of ether oxygens (including phenoxy) is 1. The zero-order chi connectivity index (χ0) is 17.1. The summed E-state index contributed by atoms with van der Waals surface area (Å²) in [5, 5.41) is 1.24. The third-order valence-electron chi connectivity index (χ3n) is 4.67. The van der Waals surface area contributed by atoms with Crippen LogP contribution in [0.15, 0.2) is 43.2 Å². The number of morpholine rings is 1. The Bertz CT molecular complexity index is 880. The van der Waals surface area contributed by atoms with Crippen molar-refractivity contribution in [3.63, 3.8) is 0 Å². The summed E-state index contributed by atoms with van der Waals surface area (Å²) >= 11 is 0. The molecule has 5 heteroatoms. The van der Waals surface area contributed by atoms with Gasteiger partial charge in [-0.2, -0.15) is 0 Å². The number of hydrogen-bond acceptors (Lipinski definition) is 4. The van der Waals surface area contributed by atoms with Gasteiger partial charge in [0.1, 0.15) is 0 Å². The number of nitrogens with one attached hydrogen (secondary N) is 1. The Labute approximate surface area is 147 Å². The lowest BCUT2D eigenvalue weighted by Crippen LogP contribution is -2.37. The molecule has 2 aromatic heterocycles. The van der Waals surface area contributed by atoms with E-state index in [-0.39, 0.29) is 0 Å². The lowest BCUT2D eigenvalue weighted by atomic mass is 10.0. The number of H-pyrrole nitrogens is 1. The van der Waals surface area contributed by atoms with Gasteiger partial charge in [-0.05, 0) is 35.9 Å². The second-order valence-corrected chi connectivity index (χ2v) is 6.27. The number of nitrogens with zero attached hydrogens (tertiary/aromatic N) is 3. The lowest BCUT2D eigenvalue weighted by molar-refractivity contribution is 0.122. The van der Waals surface area contributed by atoms with Gasteiger partial charge in [0.05, 0.1) is 18.9 Å². The summed E-state index contributed by atoms with van der Waals surface area (Å²) < 4.78 is 5.41. The fourth-order valence-corrected chi connectivity index (χ4v) is 3.22. The molecule has 1 saturated heterocycles. The van der Waals surface area contributed by atoms with E-state index in [1.54, 1.807) is 0 Å². The van der Waals surface area contributed by atoms with E-state index in [2.05, 4.69) is 45.7 Å². The number of aromatic nitrogens is 3. The maximum absolute atomic E-state index is 5.41. The van der Waals surface area contributed by atoms with Gasteiger partial charge in [-0.25, -0.2) is 9.97 Å². The molecule has 3 aromatic rings. The summed E-state index contributed by atoms with van der Waals surface area (Å²) in [6, 6.07) is 8.66. The van der Waals surface area contributed by atoms with Gasteiger partial charge in [-0.15, -0.1) is 0 Å². The van der Waals surface area contributed by atoms with Crippen molar-refractivity contribution in [2.45, 2.75) is 12.8 Å². The number of rotatable bonds is 5. The summed E-state index contributed by atoms with van der Waals surface area (Å²) in [7, 11) is 0. The van der Waals surface area contributed by atoms with Gasteiger partial charge in [0, 0.05) is 36.6 Å². The predicted octanol–water partition coefficient (Wildman–Crippen LogP) is 3.22. The highest BCUT2D eigenvalue weighted by molar-refractivity contribution is 5.79. The van der Waals surface area contributed by atoms with Crippen molar-refractivity contribution in [1.29, 1.82) is 0 Å². The van der Waals surface area contributed by atoms with Crippen molar-refractivity contribution >= 4 is 22.9 Å². The molecule has 1 N–H and O–H groups in total. The fourth-order valence-electron chi connectivity index (χ4n) is 3.22. The highest BCUT2D eigenvalue weighted by Crippen LogP contribution is 2.19. The van der Waals surface area contributed by atoms with E-state index < -0.39 is 0 Å². The van der Waals surface area contributed by atoms with Crippen molar-refractivity contribution in [3.05, 3.63) is 60.1 Å². The second kappa shape index (κ2) is 7.07. The van der Waals surface area contributed by atoms with Crippen molar-refractivity contribution in [1.82, 2.24) is 15.0 Å². The molecule has 5 nitrogen and oxygen atoms in total. The third-order valence-corrected chi connectivity index (χ3v) is 4.67. The summed E-state index contributed by atoms with van der Waals surface area (Å²) in [5.41, 5.74) is 4.55. The van der Waals surface area contributed by atoms with E-state index in [0.29, 0.717) is 0 Å². The Balaban J connectivity index is 1.54. The summed E-state index contributed by atoms with van der Waals surface area (Å²) in [4.78, 5) is 14.8. The number of anilines is 1. The third kappa shape index (κ3) is 3.42. The van der Waals surface area contributed by atoms with E-state index in [1.165, 1.54) is 16.5 Å². The maximum atomic E-state index is 5.41. The minimum absolute atomic E-state index is 0.734. The highest BCUT2D eigenvalue weighted by atomic mass is 16.5. The molecular weight excluding hydrogens is 312 g/mol. The van der Waals surface area contributed by atoms with Gasteiger partial charge in [0.15, 0.2) is 0 Å². The number of aryl methyl sites for hydroxylation is 2. The molecule has 3 heterocycles. The second-order valence-electron chi connectivity index (χ2n) is 6.27. The molecule has 4 rings (SSSR count). The Morgan fingerprint density at radius 2 is 2.08 bits per heavy atom. The minimum Gasteiger partial charge on any atom is -0.378 e. The number of hydrogen-bond donors (Lipinski definition) is 1. The molecule has 0 radical (unpaired) electrons. The average molecular weight is 334 g/mol. The number of benzene rings is 1. The topological polar surface area (TPSA) is 54.0 Å². The first-order chi connectivity index (χ1) is 12.3. The number of fused-ring (bicyclic) bond motifs is 1. The van der Waals surface area contributed by atoms with Crippen LogP contribution >= 0.6 is 0 Å². The maximum Gasteiger partial charge on any atom is 0.225 e. The number of aromatic amines is 1. The molecule has 25 heavy (non-hydrogen) atoms. The molecule has 1 aliphatic heterocycles. The van der Waals surface area contributed by atoms with Crippen LogP contribution in [0.5, 0.6) is 0 Å². The Hall–Kier alpha value is -2.66. The van der Waals surface area contributed by atoms with Crippen LogP contribution in [0.3, 0.4) is 0 Å². The van der Waals surface area contributed by atoms with Gasteiger partial charge in [-0.3, -0.25) is 0 Å². The molecule has 0 saturated carbocycles. The van der Waals surface area contributed by atoms with Gasteiger partial charge >= 0.3 is 0 Å². The Morgan fingerprint density at radius 3 is 2.92 bits per heavy atom. The summed E-state index contributed by atoms with van der Waals surface area (Å²) in [5.74, 6) is 0.795. The van der Waals surface area contributed by atoms with Crippen LogP contribution in [0, 0.1) is 0 Å². The van der Waals surface area contributed by atoms with Crippen LogP contribution in [-0.2, 0) is 17.6 Å². The van der Waals surface area contributed by atoms with E-state index in [4.69, 9.17) is 9.72 Å². The molecule has 1 fully saturated rings. The van der Waals surface area contributed by atoms with Gasteiger partial charge in [0.2, 0.25) is 5.95 Å². The SMILES string of the molecule is C=Cc1cnc(N2CCOCC2)nc1CCc1ccc2cc[nH]c2c1. The van der Waals surface area contributed by atoms with E-state index in [0.717, 1.165) is 56.4 Å². The standard InChI is InChI=1S/C20H22N4O/c1-2-16-14-22-20(24-9-11-25-12-10-24)23-18(16)6-4-15-3-5-17-7-8-21-19(17)13-15/h2-3,5,7-8,13-14,21H,1,4,6,9-12H2. The van der Waals surface area contributed by atoms with Crippen LogP contribution < -0.4 is 4.90 Å². The summed E-state index contributed by atoms with van der Waals surface area (Å²) in [6.45, 7) is 7.06. The molecule has 0 atom stereocenters. The zero-order valence-corrected chi connectivity index (χ0v) is 14.2. The summed E-state index contributed by atoms with van der Waals surface area (Å²) in [6.07, 6.45) is 7.51. The van der Waals surface area contributed by atoms with Gasteiger partial charge in [0.25, 0.3) is 0 Å². The Kier molecular flexibility index (Phi) is 4.48.